The van der Waals surface area contributed by atoms with Gasteiger partial charge in [0.25, 0.3) is 0 Å². The molecule has 0 radical (unpaired) electrons. The number of hydrogen-bond acceptors (Lipinski definition) is 4. The molecule has 1 N–H and O–H groups in total. The third kappa shape index (κ3) is 2.39. The van der Waals surface area contributed by atoms with Gasteiger partial charge in [-0.2, -0.15) is 16.4 Å². The number of nitrogens with one attached hydrogen (secondary N) is 1. The second kappa shape index (κ2) is 5.79. The van der Waals surface area contributed by atoms with Gasteiger partial charge in [-0.05, 0) is 53.6 Å². The second-order valence-corrected chi connectivity index (χ2v) is 6.60. The van der Waals surface area contributed by atoms with E-state index in [0.717, 1.165) is 28.5 Å². The molecule has 6 heteroatoms. The summed E-state index contributed by atoms with van der Waals surface area (Å²) < 4.78 is 7.01. The van der Waals surface area contributed by atoms with Gasteiger partial charge in [-0.3, -0.25) is 4.79 Å². The number of amides is 1. The van der Waals surface area contributed by atoms with E-state index in [1.54, 1.807) is 23.1 Å². The summed E-state index contributed by atoms with van der Waals surface area (Å²) >= 11 is 1.65. The van der Waals surface area contributed by atoms with Crippen LogP contribution < -0.4 is 10.1 Å². The number of carbonyl (C=O) groups is 1. The van der Waals surface area contributed by atoms with Crippen molar-refractivity contribution in [3.63, 3.8) is 0 Å². The molecule has 2 aromatic heterocycles. The van der Waals surface area contributed by atoms with Crippen LogP contribution in [0, 0.1) is 6.92 Å². The average Bonchev–Trinajstić information content (AvgIpc) is 3.23. The molecule has 24 heavy (non-hydrogen) atoms. The van der Waals surface area contributed by atoms with Crippen molar-refractivity contribution in [1.29, 1.82) is 0 Å². The SMILES string of the molecule is COc1ccc(-n2nc(C)c3c2NC(=O)CC3c2ccsc2)cc1. The topological polar surface area (TPSA) is 56.1 Å². The summed E-state index contributed by atoms with van der Waals surface area (Å²) in [6.07, 6.45) is 0.457. The van der Waals surface area contributed by atoms with Crippen molar-refractivity contribution < 1.29 is 9.53 Å². The standard InChI is InChI=1S/C18H17N3O2S/c1-11-17-15(12-7-8-24-10-12)9-16(22)19-18(17)21(20-11)13-3-5-14(23-2)6-4-13/h3-8,10,15H,9H2,1-2H3,(H,19,22). The van der Waals surface area contributed by atoms with Crippen molar-refractivity contribution in [1.82, 2.24) is 9.78 Å². The van der Waals surface area contributed by atoms with Crippen LogP contribution in [0.1, 0.15) is 29.2 Å². The van der Waals surface area contributed by atoms with Crippen LogP contribution in [0.2, 0.25) is 0 Å². The normalized spacial score (nSPS) is 16.6. The number of hydrogen-bond donors (Lipinski definition) is 1. The number of thiophene rings is 1. The first-order valence-corrected chi connectivity index (χ1v) is 8.67. The third-order valence-electron chi connectivity index (χ3n) is 4.37. The number of aryl methyl sites for hydroxylation is 1. The molecule has 3 aromatic rings. The van der Waals surface area contributed by atoms with Gasteiger partial charge >= 0.3 is 0 Å². The maximum Gasteiger partial charge on any atom is 0.226 e. The van der Waals surface area contributed by atoms with Gasteiger partial charge in [0.2, 0.25) is 5.91 Å². The summed E-state index contributed by atoms with van der Waals surface area (Å²) in [5.41, 5.74) is 4.11. The van der Waals surface area contributed by atoms with E-state index in [0.29, 0.717) is 6.42 Å². The van der Waals surface area contributed by atoms with E-state index in [1.807, 2.05) is 36.6 Å². The van der Waals surface area contributed by atoms with Crippen molar-refractivity contribution in [2.45, 2.75) is 19.3 Å². The first-order valence-electron chi connectivity index (χ1n) is 7.73. The van der Waals surface area contributed by atoms with Gasteiger partial charge in [0.1, 0.15) is 11.6 Å². The van der Waals surface area contributed by atoms with Crippen LogP contribution in [-0.2, 0) is 4.79 Å². The zero-order valence-electron chi connectivity index (χ0n) is 13.4. The lowest BCUT2D eigenvalue weighted by atomic mass is 9.87. The summed E-state index contributed by atoms with van der Waals surface area (Å²) in [7, 11) is 1.64. The molecule has 0 aliphatic carbocycles. The number of aromatic nitrogens is 2. The molecule has 1 unspecified atom stereocenters. The predicted molar refractivity (Wildman–Crippen MR) is 94.3 cm³/mol. The Labute approximate surface area is 143 Å². The fourth-order valence-electron chi connectivity index (χ4n) is 3.22. The number of nitrogens with zero attached hydrogens (tertiary/aromatic N) is 2. The largest absolute Gasteiger partial charge is 0.497 e. The molecule has 3 heterocycles. The Morgan fingerprint density at radius 3 is 2.75 bits per heavy atom. The number of methoxy groups -OCH3 is 1. The highest BCUT2D eigenvalue weighted by Crippen LogP contribution is 2.40. The van der Waals surface area contributed by atoms with Crippen LogP contribution in [0.25, 0.3) is 5.69 Å². The number of carbonyl (C=O) groups excluding carboxylic acids is 1. The van der Waals surface area contributed by atoms with Crippen LogP contribution in [0.15, 0.2) is 41.1 Å². The van der Waals surface area contributed by atoms with Gasteiger partial charge in [-0.15, -0.1) is 0 Å². The molecule has 1 atom stereocenters. The minimum absolute atomic E-state index is 0.0216. The molecule has 0 saturated carbocycles. The molecular formula is C18H17N3O2S. The molecule has 4 rings (SSSR count). The van der Waals surface area contributed by atoms with Gasteiger partial charge in [0, 0.05) is 17.9 Å². The van der Waals surface area contributed by atoms with E-state index in [9.17, 15) is 4.79 Å². The highest BCUT2D eigenvalue weighted by molar-refractivity contribution is 7.08. The fraction of sp³-hybridized carbons (Fsp3) is 0.222. The summed E-state index contributed by atoms with van der Waals surface area (Å²) in [6.45, 7) is 2.00. The van der Waals surface area contributed by atoms with Gasteiger partial charge in [0.05, 0.1) is 18.5 Å². The Morgan fingerprint density at radius 2 is 2.08 bits per heavy atom. The molecule has 5 nitrogen and oxygen atoms in total. The zero-order chi connectivity index (χ0) is 16.7. The lowest BCUT2D eigenvalue weighted by Crippen LogP contribution is -2.24. The summed E-state index contributed by atoms with van der Waals surface area (Å²) in [6, 6.07) is 9.74. The maximum atomic E-state index is 12.3. The molecule has 1 aromatic carbocycles. The predicted octanol–water partition coefficient (Wildman–Crippen LogP) is 3.72. The molecule has 122 valence electrons. The molecule has 0 saturated heterocycles. The Bertz CT molecular complexity index is 882. The van der Waals surface area contributed by atoms with Crippen molar-refractivity contribution in [2.24, 2.45) is 0 Å². The van der Waals surface area contributed by atoms with Crippen molar-refractivity contribution in [3.05, 3.63) is 57.9 Å². The van der Waals surface area contributed by atoms with E-state index >= 15 is 0 Å². The van der Waals surface area contributed by atoms with Crippen molar-refractivity contribution in [3.8, 4) is 11.4 Å². The van der Waals surface area contributed by atoms with Crippen LogP contribution >= 0.6 is 11.3 Å². The van der Waals surface area contributed by atoms with Crippen LogP contribution in [-0.4, -0.2) is 22.8 Å². The minimum atomic E-state index is 0.0216. The Kier molecular flexibility index (Phi) is 3.61. The summed E-state index contributed by atoms with van der Waals surface area (Å²) in [5, 5.41) is 11.8. The van der Waals surface area contributed by atoms with Crippen LogP contribution in [0.3, 0.4) is 0 Å². The third-order valence-corrected chi connectivity index (χ3v) is 5.07. The minimum Gasteiger partial charge on any atom is -0.497 e. The number of rotatable bonds is 3. The van der Waals surface area contributed by atoms with Crippen molar-refractivity contribution >= 4 is 23.1 Å². The van der Waals surface area contributed by atoms with Gasteiger partial charge in [-0.25, -0.2) is 4.68 Å². The first-order chi connectivity index (χ1) is 11.7. The molecule has 1 aliphatic rings. The Hall–Kier alpha value is -2.60. The van der Waals surface area contributed by atoms with E-state index in [4.69, 9.17) is 4.74 Å². The van der Waals surface area contributed by atoms with E-state index in [-0.39, 0.29) is 11.8 Å². The molecular weight excluding hydrogens is 322 g/mol. The van der Waals surface area contributed by atoms with Crippen molar-refractivity contribution in [2.75, 3.05) is 12.4 Å². The lowest BCUT2D eigenvalue weighted by Gasteiger charge is -2.23. The lowest BCUT2D eigenvalue weighted by molar-refractivity contribution is -0.116. The van der Waals surface area contributed by atoms with Crippen LogP contribution in [0.5, 0.6) is 5.75 Å². The molecule has 0 fully saturated rings. The number of ether oxygens (including phenoxy) is 1. The summed E-state index contributed by atoms with van der Waals surface area (Å²) in [4.78, 5) is 12.3. The molecule has 0 spiro atoms. The first kappa shape index (κ1) is 15.0. The van der Waals surface area contributed by atoms with E-state index < -0.39 is 0 Å². The van der Waals surface area contributed by atoms with Gasteiger partial charge in [-0.1, -0.05) is 0 Å². The smallest absolute Gasteiger partial charge is 0.226 e. The maximum absolute atomic E-state index is 12.3. The quantitative estimate of drug-likeness (QED) is 0.791. The van der Waals surface area contributed by atoms with Gasteiger partial charge in [0.15, 0.2) is 0 Å². The number of anilines is 1. The highest BCUT2D eigenvalue weighted by atomic mass is 32.1. The molecule has 1 aliphatic heterocycles. The Morgan fingerprint density at radius 1 is 1.29 bits per heavy atom. The highest BCUT2D eigenvalue weighted by Gasteiger charge is 2.32. The second-order valence-electron chi connectivity index (χ2n) is 5.82. The van der Waals surface area contributed by atoms with E-state index in [1.165, 1.54) is 5.56 Å². The summed E-state index contributed by atoms with van der Waals surface area (Å²) in [5.74, 6) is 1.64. The number of benzene rings is 1. The van der Waals surface area contributed by atoms with Crippen LogP contribution in [0.4, 0.5) is 5.82 Å². The zero-order valence-corrected chi connectivity index (χ0v) is 14.3. The fourth-order valence-corrected chi connectivity index (χ4v) is 3.93. The molecule has 1 amide bonds. The van der Waals surface area contributed by atoms with Gasteiger partial charge < -0.3 is 10.1 Å². The number of fused-ring (bicyclic) bond motifs is 1. The Balaban J connectivity index is 1.84. The molecule has 0 bridgehead atoms. The van der Waals surface area contributed by atoms with E-state index in [2.05, 4.69) is 21.9 Å². The monoisotopic (exact) mass is 339 g/mol. The average molecular weight is 339 g/mol.